The van der Waals surface area contributed by atoms with Crippen LogP contribution in [0.15, 0.2) is 0 Å². The monoisotopic (exact) mass is 199 g/mol. The molecule has 0 saturated carbocycles. The highest BCUT2D eigenvalue weighted by Crippen LogP contribution is 2.22. The molecule has 0 spiro atoms. The Morgan fingerprint density at radius 2 is 1.86 bits per heavy atom. The Morgan fingerprint density at radius 3 is 2.21 bits per heavy atom. The van der Waals surface area contributed by atoms with Gasteiger partial charge in [-0.1, -0.05) is 13.8 Å². The van der Waals surface area contributed by atoms with Crippen molar-refractivity contribution in [1.82, 2.24) is 4.90 Å². The number of hydrogen-bond donors (Lipinski definition) is 0. The lowest BCUT2D eigenvalue weighted by Gasteiger charge is -2.41. The molecule has 0 bridgehead atoms. The SMILES string of the molecule is CCOC(C)CC(C(C)C)N1CCC1. The van der Waals surface area contributed by atoms with Crippen LogP contribution in [0.3, 0.4) is 0 Å². The number of likely N-dealkylation sites (tertiary alicyclic amines) is 1. The minimum absolute atomic E-state index is 0.410. The highest BCUT2D eigenvalue weighted by molar-refractivity contribution is 4.82. The predicted molar refractivity (Wildman–Crippen MR) is 60.5 cm³/mol. The first-order valence-electron chi connectivity index (χ1n) is 6.00. The molecule has 0 N–H and O–H groups in total. The molecular formula is C12H25NO. The van der Waals surface area contributed by atoms with Gasteiger partial charge in [0.15, 0.2) is 0 Å². The van der Waals surface area contributed by atoms with E-state index in [1.165, 1.54) is 25.9 Å². The van der Waals surface area contributed by atoms with E-state index >= 15 is 0 Å². The van der Waals surface area contributed by atoms with Crippen LogP contribution in [0.2, 0.25) is 0 Å². The van der Waals surface area contributed by atoms with Crippen molar-refractivity contribution < 1.29 is 4.74 Å². The second kappa shape index (κ2) is 5.72. The van der Waals surface area contributed by atoms with Gasteiger partial charge in [0.05, 0.1) is 6.10 Å². The van der Waals surface area contributed by atoms with Crippen LogP contribution >= 0.6 is 0 Å². The minimum Gasteiger partial charge on any atom is -0.379 e. The number of rotatable bonds is 6. The second-order valence-corrected chi connectivity index (χ2v) is 4.70. The highest BCUT2D eigenvalue weighted by Gasteiger charge is 2.27. The Hall–Kier alpha value is -0.0800. The summed E-state index contributed by atoms with van der Waals surface area (Å²) in [7, 11) is 0. The van der Waals surface area contributed by atoms with Gasteiger partial charge in [0.25, 0.3) is 0 Å². The molecule has 1 saturated heterocycles. The number of nitrogens with zero attached hydrogens (tertiary/aromatic N) is 1. The quantitative estimate of drug-likeness (QED) is 0.652. The van der Waals surface area contributed by atoms with E-state index in [1.54, 1.807) is 0 Å². The van der Waals surface area contributed by atoms with Gasteiger partial charge in [-0.05, 0) is 45.7 Å². The summed E-state index contributed by atoms with van der Waals surface area (Å²) < 4.78 is 5.61. The van der Waals surface area contributed by atoms with Crippen molar-refractivity contribution in [2.24, 2.45) is 5.92 Å². The Kier molecular flexibility index (Phi) is 4.90. The maximum atomic E-state index is 5.61. The molecule has 0 aromatic rings. The summed E-state index contributed by atoms with van der Waals surface area (Å²) in [5, 5.41) is 0. The molecule has 2 nitrogen and oxygen atoms in total. The first-order chi connectivity index (χ1) is 6.65. The fraction of sp³-hybridized carbons (Fsp3) is 1.00. The maximum absolute atomic E-state index is 5.61. The highest BCUT2D eigenvalue weighted by atomic mass is 16.5. The number of hydrogen-bond acceptors (Lipinski definition) is 2. The fourth-order valence-corrected chi connectivity index (χ4v) is 2.21. The van der Waals surface area contributed by atoms with Gasteiger partial charge in [-0.3, -0.25) is 4.90 Å². The third kappa shape index (κ3) is 3.25. The summed E-state index contributed by atoms with van der Waals surface area (Å²) >= 11 is 0. The summed E-state index contributed by atoms with van der Waals surface area (Å²) in [5.74, 6) is 0.748. The Labute approximate surface area is 88.6 Å². The molecule has 2 heteroatoms. The van der Waals surface area contributed by atoms with E-state index in [9.17, 15) is 0 Å². The molecule has 1 rings (SSSR count). The Bertz CT molecular complexity index is 154. The van der Waals surface area contributed by atoms with Crippen LogP contribution in [0.25, 0.3) is 0 Å². The standard InChI is InChI=1S/C12H25NO/c1-5-14-11(4)9-12(10(2)3)13-7-6-8-13/h10-12H,5-9H2,1-4H3. The molecule has 1 fully saturated rings. The average Bonchev–Trinajstić information content (AvgIpc) is 2.00. The molecule has 84 valence electrons. The molecule has 0 aliphatic carbocycles. The van der Waals surface area contributed by atoms with Crippen molar-refractivity contribution in [2.75, 3.05) is 19.7 Å². The molecule has 1 heterocycles. The lowest BCUT2D eigenvalue weighted by Crippen LogP contribution is -2.48. The van der Waals surface area contributed by atoms with Crippen LogP contribution < -0.4 is 0 Å². The van der Waals surface area contributed by atoms with Gasteiger partial charge in [0, 0.05) is 12.6 Å². The lowest BCUT2D eigenvalue weighted by atomic mass is 9.94. The summed E-state index contributed by atoms with van der Waals surface area (Å²) in [6.07, 6.45) is 2.98. The predicted octanol–water partition coefficient (Wildman–Crippen LogP) is 2.53. The van der Waals surface area contributed by atoms with E-state index in [1.807, 2.05) is 0 Å². The van der Waals surface area contributed by atoms with Crippen LogP contribution in [-0.2, 0) is 4.74 Å². The first-order valence-corrected chi connectivity index (χ1v) is 6.00. The van der Waals surface area contributed by atoms with Crippen LogP contribution in [0.4, 0.5) is 0 Å². The van der Waals surface area contributed by atoms with Gasteiger partial charge in [0.1, 0.15) is 0 Å². The average molecular weight is 199 g/mol. The van der Waals surface area contributed by atoms with Gasteiger partial charge in [-0.15, -0.1) is 0 Å². The zero-order chi connectivity index (χ0) is 10.6. The van der Waals surface area contributed by atoms with E-state index in [4.69, 9.17) is 4.74 Å². The zero-order valence-corrected chi connectivity index (χ0v) is 10.1. The smallest absolute Gasteiger partial charge is 0.0561 e. The van der Waals surface area contributed by atoms with Crippen molar-refractivity contribution in [3.05, 3.63) is 0 Å². The van der Waals surface area contributed by atoms with Crippen molar-refractivity contribution in [3.63, 3.8) is 0 Å². The molecule has 0 aromatic carbocycles. The van der Waals surface area contributed by atoms with Crippen molar-refractivity contribution in [1.29, 1.82) is 0 Å². The van der Waals surface area contributed by atoms with Gasteiger partial charge >= 0.3 is 0 Å². The summed E-state index contributed by atoms with van der Waals surface area (Å²) in [6.45, 7) is 12.3. The van der Waals surface area contributed by atoms with E-state index in [0.717, 1.165) is 18.6 Å². The largest absolute Gasteiger partial charge is 0.379 e. The summed E-state index contributed by atoms with van der Waals surface area (Å²) in [6, 6.07) is 0.727. The molecule has 1 aliphatic heterocycles. The third-order valence-electron chi connectivity index (χ3n) is 3.15. The van der Waals surface area contributed by atoms with Crippen LogP contribution in [0, 0.1) is 5.92 Å². The topological polar surface area (TPSA) is 12.5 Å². The zero-order valence-electron chi connectivity index (χ0n) is 10.1. The molecule has 14 heavy (non-hydrogen) atoms. The van der Waals surface area contributed by atoms with Crippen LogP contribution in [0.1, 0.15) is 40.5 Å². The fourth-order valence-electron chi connectivity index (χ4n) is 2.21. The van der Waals surface area contributed by atoms with Crippen molar-refractivity contribution >= 4 is 0 Å². The van der Waals surface area contributed by atoms with Crippen molar-refractivity contribution in [2.45, 2.75) is 52.7 Å². The normalized spacial score (nSPS) is 22.1. The second-order valence-electron chi connectivity index (χ2n) is 4.70. The van der Waals surface area contributed by atoms with Gasteiger partial charge in [-0.2, -0.15) is 0 Å². The van der Waals surface area contributed by atoms with Crippen molar-refractivity contribution in [3.8, 4) is 0 Å². The number of ether oxygens (including phenoxy) is 1. The molecule has 2 atom stereocenters. The van der Waals surface area contributed by atoms with E-state index in [0.29, 0.717) is 6.10 Å². The van der Waals surface area contributed by atoms with E-state index in [2.05, 4.69) is 32.6 Å². The van der Waals surface area contributed by atoms with Gasteiger partial charge in [-0.25, -0.2) is 0 Å². The lowest BCUT2D eigenvalue weighted by molar-refractivity contribution is 0.0134. The first kappa shape index (κ1) is 12.0. The van der Waals surface area contributed by atoms with Crippen LogP contribution in [0.5, 0.6) is 0 Å². The summed E-state index contributed by atoms with van der Waals surface area (Å²) in [4.78, 5) is 2.60. The molecule has 0 aromatic heterocycles. The molecule has 1 aliphatic rings. The molecule has 2 unspecified atom stereocenters. The Balaban J connectivity index is 2.34. The maximum Gasteiger partial charge on any atom is 0.0561 e. The van der Waals surface area contributed by atoms with E-state index < -0.39 is 0 Å². The van der Waals surface area contributed by atoms with Gasteiger partial charge < -0.3 is 4.74 Å². The third-order valence-corrected chi connectivity index (χ3v) is 3.15. The van der Waals surface area contributed by atoms with Crippen LogP contribution in [-0.4, -0.2) is 36.7 Å². The molecular weight excluding hydrogens is 174 g/mol. The van der Waals surface area contributed by atoms with E-state index in [-0.39, 0.29) is 0 Å². The molecule has 0 amide bonds. The molecule has 0 radical (unpaired) electrons. The summed E-state index contributed by atoms with van der Waals surface area (Å²) in [5.41, 5.74) is 0. The Morgan fingerprint density at radius 1 is 1.21 bits per heavy atom. The minimum atomic E-state index is 0.410. The van der Waals surface area contributed by atoms with Gasteiger partial charge in [0.2, 0.25) is 0 Å².